The standard InChI is InChI=1S/C33H29BrN6O4S/c1-21-5-7-23(8-6-21)28-18-27(22-9-15-26(43-2)16-10-22)38-40(28)31(41)20-45-33-37-36-30(19-35-32(42)29-4-3-17-44-29)39(33)25-13-11-24(34)12-14-25/h3-17,28H,18-20H2,1-2H3,(H,35,42)/t28-/m1/s1. The summed E-state index contributed by atoms with van der Waals surface area (Å²) in [6.07, 6.45) is 2.03. The van der Waals surface area contributed by atoms with Gasteiger partial charge in [-0.1, -0.05) is 57.5 Å². The number of aromatic nitrogens is 3. The summed E-state index contributed by atoms with van der Waals surface area (Å²) in [5.41, 5.74) is 4.71. The van der Waals surface area contributed by atoms with Crippen molar-refractivity contribution >= 4 is 45.2 Å². The van der Waals surface area contributed by atoms with E-state index in [1.54, 1.807) is 24.3 Å². The molecule has 1 N–H and O–H groups in total. The van der Waals surface area contributed by atoms with E-state index < -0.39 is 0 Å². The molecule has 3 heterocycles. The molecule has 2 amide bonds. The molecule has 5 aromatic rings. The monoisotopic (exact) mass is 684 g/mol. The molecule has 0 radical (unpaired) electrons. The van der Waals surface area contributed by atoms with Crippen molar-refractivity contribution in [3.63, 3.8) is 0 Å². The van der Waals surface area contributed by atoms with Crippen LogP contribution in [-0.2, 0) is 11.3 Å². The minimum Gasteiger partial charge on any atom is -0.497 e. The summed E-state index contributed by atoms with van der Waals surface area (Å²) in [6, 6.07) is 26.5. The van der Waals surface area contributed by atoms with Gasteiger partial charge in [-0.25, -0.2) is 5.01 Å². The van der Waals surface area contributed by atoms with Crippen LogP contribution in [0.1, 0.15) is 45.5 Å². The quantitative estimate of drug-likeness (QED) is 0.171. The van der Waals surface area contributed by atoms with Crippen LogP contribution in [0.5, 0.6) is 5.75 Å². The van der Waals surface area contributed by atoms with Gasteiger partial charge in [0.1, 0.15) is 5.75 Å². The van der Waals surface area contributed by atoms with E-state index in [2.05, 4.69) is 31.4 Å². The summed E-state index contributed by atoms with van der Waals surface area (Å²) in [4.78, 5) is 26.4. The lowest BCUT2D eigenvalue weighted by atomic mass is 9.97. The first kappa shape index (κ1) is 30.4. The molecule has 45 heavy (non-hydrogen) atoms. The van der Waals surface area contributed by atoms with Crippen LogP contribution in [0.3, 0.4) is 0 Å². The first-order valence-corrected chi connectivity index (χ1v) is 15.9. The van der Waals surface area contributed by atoms with Gasteiger partial charge in [0, 0.05) is 16.6 Å². The number of rotatable bonds is 10. The van der Waals surface area contributed by atoms with E-state index in [1.807, 2.05) is 84.3 Å². The van der Waals surface area contributed by atoms with Crippen LogP contribution in [0, 0.1) is 6.92 Å². The zero-order valence-electron chi connectivity index (χ0n) is 24.5. The van der Waals surface area contributed by atoms with Crippen molar-refractivity contribution in [2.45, 2.75) is 31.1 Å². The zero-order valence-corrected chi connectivity index (χ0v) is 26.9. The van der Waals surface area contributed by atoms with Crippen molar-refractivity contribution in [2.24, 2.45) is 5.10 Å². The fourth-order valence-corrected chi connectivity index (χ4v) is 6.04. The molecule has 0 unspecified atom stereocenters. The van der Waals surface area contributed by atoms with Gasteiger partial charge < -0.3 is 14.5 Å². The molecule has 1 atom stereocenters. The average Bonchev–Trinajstić information content (AvgIpc) is 3.84. The number of nitrogens with zero attached hydrogens (tertiary/aromatic N) is 5. The maximum absolute atomic E-state index is 13.8. The second-order valence-corrected chi connectivity index (χ2v) is 12.2. The van der Waals surface area contributed by atoms with E-state index in [9.17, 15) is 9.59 Å². The van der Waals surface area contributed by atoms with E-state index in [0.717, 1.165) is 38.3 Å². The Bertz CT molecular complexity index is 1820. The highest BCUT2D eigenvalue weighted by molar-refractivity contribution is 9.10. The molecule has 0 saturated carbocycles. The van der Waals surface area contributed by atoms with Gasteiger partial charge in [0.2, 0.25) is 0 Å². The number of aryl methyl sites for hydroxylation is 1. The summed E-state index contributed by atoms with van der Waals surface area (Å²) in [5.74, 6) is 1.02. The normalized spacial score (nSPS) is 14.3. The topological polar surface area (TPSA) is 115 Å². The number of hydrogen-bond donors (Lipinski definition) is 1. The third-order valence-corrected chi connectivity index (χ3v) is 8.76. The molecule has 0 fully saturated rings. The number of hydrazone groups is 1. The first-order chi connectivity index (χ1) is 21.9. The number of methoxy groups -OCH3 is 1. The van der Waals surface area contributed by atoms with Crippen LogP contribution in [-0.4, -0.2) is 50.2 Å². The number of nitrogens with one attached hydrogen (secondary N) is 1. The third kappa shape index (κ3) is 6.86. The van der Waals surface area contributed by atoms with Gasteiger partial charge in [-0.05, 0) is 78.7 Å². The maximum Gasteiger partial charge on any atom is 0.287 e. The van der Waals surface area contributed by atoms with Gasteiger partial charge in [0.05, 0.1) is 37.4 Å². The molecule has 10 nitrogen and oxygen atoms in total. The Morgan fingerprint density at radius 3 is 2.47 bits per heavy atom. The largest absolute Gasteiger partial charge is 0.497 e. The van der Waals surface area contributed by atoms with Crippen molar-refractivity contribution in [3.05, 3.63) is 124 Å². The summed E-state index contributed by atoms with van der Waals surface area (Å²) < 4.78 is 13.3. The molecular formula is C33H29BrN6O4S. The average molecular weight is 686 g/mol. The molecule has 0 spiro atoms. The number of ether oxygens (including phenoxy) is 1. The Morgan fingerprint density at radius 1 is 1.02 bits per heavy atom. The molecule has 1 aliphatic heterocycles. The minimum atomic E-state index is -0.364. The number of furan rings is 1. The number of hydrogen-bond acceptors (Lipinski definition) is 8. The SMILES string of the molecule is COc1ccc(C2=NN(C(=O)CSc3nnc(CNC(=O)c4ccco4)n3-c3ccc(Br)cc3)[C@@H](c3ccc(C)cc3)C2)cc1. The lowest BCUT2D eigenvalue weighted by Gasteiger charge is -2.22. The van der Waals surface area contributed by atoms with Gasteiger partial charge in [-0.3, -0.25) is 14.2 Å². The summed E-state index contributed by atoms with van der Waals surface area (Å²) in [7, 11) is 1.63. The fourth-order valence-electron chi connectivity index (χ4n) is 4.95. The van der Waals surface area contributed by atoms with Crippen LogP contribution in [0.15, 0.2) is 110 Å². The van der Waals surface area contributed by atoms with Crippen molar-refractivity contribution < 1.29 is 18.7 Å². The van der Waals surface area contributed by atoms with Gasteiger partial charge in [-0.15, -0.1) is 10.2 Å². The summed E-state index contributed by atoms with van der Waals surface area (Å²) >= 11 is 4.75. The molecule has 1 aliphatic rings. The first-order valence-electron chi connectivity index (χ1n) is 14.1. The second-order valence-electron chi connectivity index (χ2n) is 10.3. The van der Waals surface area contributed by atoms with Crippen molar-refractivity contribution in [3.8, 4) is 11.4 Å². The highest BCUT2D eigenvalue weighted by Crippen LogP contribution is 2.34. The van der Waals surface area contributed by atoms with Gasteiger partial charge in [0.25, 0.3) is 11.8 Å². The number of halogens is 1. The Labute approximate surface area is 272 Å². The highest BCUT2D eigenvalue weighted by Gasteiger charge is 2.33. The number of benzene rings is 3. The zero-order chi connectivity index (χ0) is 31.3. The Balaban J connectivity index is 1.24. The lowest BCUT2D eigenvalue weighted by Crippen LogP contribution is -2.28. The highest BCUT2D eigenvalue weighted by atomic mass is 79.9. The van der Waals surface area contributed by atoms with Crippen LogP contribution in [0.2, 0.25) is 0 Å². The molecule has 2 aromatic heterocycles. The number of amides is 2. The molecule has 12 heteroatoms. The van der Waals surface area contributed by atoms with Gasteiger partial charge >= 0.3 is 0 Å². The fraction of sp³-hybridized carbons (Fsp3) is 0.182. The number of carbonyl (C=O) groups excluding carboxylic acids is 2. The molecule has 3 aromatic carbocycles. The van der Waals surface area contributed by atoms with E-state index >= 15 is 0 Å². The van der Waals surface area contributed by atoms with E-state index in [0.29, 0.717) is 17.4 Å². The third-order valence-electron chi connectivity index (χ3n) is 7.31. The van der Waals surface area contributed by atoms with Crippen LogP contribution >= 0.6 is 27.7 Å². The number of thioether (sulfide) groups is 1. The maximum atomic E-state index is 13.8. The molecular weight excluding hydrogens is 656 g/mol. The minimum absolute atomic E-state index is 0.0785. The van der Waals surface area contributed by atoms with Gasteiger partial charge in [0.15, 0.2) is 16.7 Å². The van der Waals surface area contributed by atoms with Crippen LogP contribution in [0.4, 0.5) is 0 Å². The predicted octanol–water partition coefficient (Wildman–Crippen LogP) is 6.34. The smallest absolute Gasteiger partial charge is 0.287 e. The molecule has 0 saturated heterocycles. The Kier molecular flexibility index (Phi) is 9.13. The Morgan fingerprint density at radius 2 is 1.78 bits per heavy atom. The Hall–Kier alpha value is -4.68. The van der Waals surface area contributed by atoms with Crippen LogP contribution in [0.25, 0.3) is 5.69 Å². The van der Waals surface area contributed by atoms with Crippen molar-refractivity contribution in [1.82, 2.24) is 25.1 Å². The molecule has 0 aliphatic carbocycles. The summed E-state index contributed by atoms with van der Waals surface area (Å²) in [5, 5.41) is 18.5. The van der Waals surface area contributed by atoms with E-state index in [1.165, 1.54) is 18.0 Å². The van der Waals surface area contributed by atoms with Crippen molar-refractivity contribution in [2.75, 3.05) is 12.9 Å². The van der Waals surface area contributed by atoms with Gasteiger partial charge in [-0.2, -0.15) is 5.10 Å². The van der Waals surface area contributed by atoms with E-state index in [4.69, 9.17) is 14.3 Å². The summed E-state index contributed by atoms with van der Waals surface area (Å²) in [6.45, 7) is 2.14. The second kappa shape index (κ2) is 13.5. The molecule has 6 rings (SSSR count). The van der Waals surface area contributed by atoms with E-state index in [-0.39, 0.29) is 35.9 Å². The lowest BCUT2D eigenvalue weighted by molar-refractivity contribution is -0.130. The van der Waals surface area contributed by atoms with Crippen molar-refractivity contribution in [1.29, 1.82) is 0 Å². The number of carbonyl (C=O) groups is 2. The predicted molar refractivity (Wildman–Crippen MR) is 175 cm³/mol. The van der Waals surface area contributed by atoms with Crippen LogP contribution < -0.4 is 10.1 Å². The molecule has 228 valence electrons. The molecule has 0 bridgehead atoms.